The maximum atomic E-state index is 4.00. The Morgan fingerprint density at radius 3 is 1.64 bits per heavy atom. The second-order valence-corrected chi connectivity index (χ2v) is 1.58. The van der Waals surface area contributed by atoms with Crippen LogP contribution in [-0.2, 0) is 0 Å². The third-order valence-corrected chi connectivity index (χ3v) is 0.837. The van der Waals surface area contributed by atoms with Gasteiger partial charge in [0.15, 0.2) is 0 Å². The monoisotopic (exact) mass is 153 g/mol. The highest BCUT2D eigenvalue weighted by Crippen LogP contribution is 2.03. The van der Waals surface area contributed by atoms with Crippen LogP contribution in [0.15, 0.2) is 29.4 Å². The predicted molar refractivity (Wildman–Crippen MR) is 54.1 cm³/mol. The molecule has 0 N–H and O–H groups in total. The number of nitrogens with zero attached hydrogens (tertiary/aromatic N) is 1. The van der Waals surface area contributed by atoms with Crippen molar-refractivity contribution in [2.45, 2.75) is 34.6 Å². The van der Waals surface area contributed by atoms with Crippen molar-refractivity contribution in [2.24, 2.45) is 4.99 Å². The van der Waals surface area contributed by atoms with Gasteiger partial charge in [0, 0.05) is 5.71 Å². The topological polar surface area (TPSA) is 12.4 Å². The van der Waals surface area contributed by atoms with Gasteiger partial charge in [-0.3, -0.25) is 4.99 Å². The predicted octanol–water partition coefficient (Wildman–Crippen LogP) is 3.58. The molecule has 0 aromatic heterocycles. The van der Waals surface area contributed by atoms with Crippen molar-refractivity contribution in [3.05, 3.63) is 24.4 Å². The summed E-state index contributed by atoms with van der Waals surface area (Å²) in [5.74, 6) is 0. The molecule has 1 rings (SSSR count). The molecule has 0 atom stereocenters. The zero-order chi connectivity index (χ0) is 9.28. The fourth-order valence-electron chi connectivity index (χ4n) is 0.518. The molecule has 1 heterocycles. The standard InChI is InChI=1S/C6H7N.2C2H6/c1-5-3-4-6(2)7-5;2*1-2/h3-4H,1H2,2H3;2*1-2H3. The molecule has 64 valence electrons. The molecule has 1 aliphatic rings. The highest BCUT2D eigenvalue weighted by atomic mass is 14.8. The van der Waals surface area contributed by atoms with Crippen LogP contribution < -0.4 is 0 Å². The van der Waals surface area contributed by atoms with Gasteiger partial charge in [0.2, 0.25) is 0 Å². The van der Waals surface area contributed by atoms with Crippen LogP contribution >= 0.6 is 0 Å². The molecular formula is C10H19N. The zero-order valence-electron chi connectivity index (χ0n) is 8.31. The van der Waals surface area contributed by atoms with Crippen molar-refractivity contribution in [2.75, 3.05) is 0 Å². The third kappa shape index (κ3) is 7.04. The molecule has 0 aromatic carbocycles. The summed E-state index contributed by atoms with van der Waals surface area (Å²) in [6, 6.07) is 0. The SMILES string of the molecule is C=C1C=CC(C)=N1.CC.CC. The summed E-state index contributed by atoms with van der Waals surface area (Å²) in [4.78, 5) is 4.00. The lowest BCUT2D eigenvalue weighted by atomic mass is 10.4. The summed E-state index contributed by atoms with van der Waals surface area (Å²) >= 11 is 0. The molecule has 0 radical (unpaired) electrons. The normalized spacial score (nSPS) is 12.5. The van der Waals surface area contributed by atoms with E-state index in [2.05, 4.69) is 11.6 Å². The lowest BCUT2D eigenvalue weighted by molar-refractivity contribution is 1.47. The Kier molecular flexibility index (Phi) is 10.6. The minimum absolute atomic E-state index is 0.859. The fraction of sp³-hybridized carbons (Fsp3) is 0.500. The van der Waals surface area contributed by atoms with Crippen molar-refractivity contribution in [1.29, 1.82) is 0 Å². The Bertz CT molecular complexity index is 152. The lowest BCUT2D eigenvalue weighted by Crippen LogP contribution is -1.73. The van der Waals surface area contributed by atoms with E-state index in [1.807, 2.05) is 46.8 Å². The molecule has 0 saturated carbocycles. The lowest BCUT2D eigenvalue weighted by Gasteiger charge is -1.76. The molecular weight excluding hydrogens is 134 g/mol. The molecule has 0 unspecified atom stereocenters. The summed E-state index contributed by atoms with van der Waals surface area (Å²) in [5, 5.41) is 0. The van der Waals surface area contributed by atoms with Gasteiger partial charge >= 0.3 is 0 Å². The highest BCUT2D eigenvalue weighted by molar-refractivity contribution is 5.96. The van der Waals surface area contributed by atoms with Crippen LogP contribution in [-0.4, -0.2) is 5.71 Å². The van der Waals surface area contributed by atoms with Gasteiger partial charge < -0.3 is 0 Å². The average molecular weight is 153 g/mol. The molecule has 1 nitrogen and oxygen atoms in total. The fourth-order valence-corrected chi connectivity index (χ4v) is 0.518. The maximum absolute atomic E-state index is 4.00. The van der Waals surface area contributed by atoms with Crippen molar-refractivity contribution in [3.8, 4) is 0 Å². The molecule has 0 bridgehead atoms. The molecule has 1 aliphatic heterocycles. The van der Waals surface area contributed by atoms with E-state index in [4.69, 9.17) is 0 Å². The Morgan fingerprint density at radius 1 is 1.09 bits per heavy atom. The van der Waals surface area contributed by atoms with Gasteiger partial charge in [-0.1, -0.05) is 34.3 Å². The van der Waals surface area contributed by atoms with Gasteiger partial charge in [-0.05, 0) is 19.1 Å². The van der Waals surface area contributed by atoms with E-state index >= 15 is 0 Å². The molecule has 0 spiro atoms. The number of allylic oxidation sites excluding steroid dienone is 2. The Balaban J connectivity index is 0. The number of aliphatic imine (C=N–C) groups is 1. The maximum Gasteiger partial charge on any atom is 0.0561 e. The smallest absolute Gasteiger partial charge is 0.0561 e. The summed E-state index contributed by atoms with van der Waals surface area (Å²) in [7, 11) is 0. The number of hydrogen-bond acceptors (Lipinski definition) is 1. The van der Waals surface area contributed by atoms with Crippen molar-refractivity contribution in [3.63, 3.8) is 0 Å². The molecule has 0 amide bonds. The van der Waals surface area contributed by atoms with Gasteiger partial charge in [0.25, 0.3) is 0 Å². The largest absolute Gasteiger partial charge is 0.254 e. The van der Waals surface area contributed by atoms with Crippen molar-refractivity contribution in [1.82, 2.24) is 0 Å². The van der Waals surface area contributed by atoms with Crippen molar-refractivity contribution >= 4 is 5.71 Å². The van der Waals surface area contributed by atoms with Crippen LogP contribution in [0.4, 0.5) is 0 Å². The first-order valence-electron chi connectivity index (χ1n) is 4.21. The third-order valence-electron chi connectivity index (χ3n) is 0.837. The number of hydrogen-bond donors (Lipinski definition) is 0. The first-order chi connectivity index (χ1) is 5.29. The van der Waals surface area contributed by atoms with E-state index in [1.165, 1.54) is 0 Å². The molecule has 0 saturated heterocycles. The zero-order valence-corrected chi connectivity index (χ0v) is 8.31. The molecule has 1 heteroatoms. The molecule has 0 aliphatic carbocycles. The van der Waals surface area contributed by atoms with Crippen LogP contribution in [0, 0.1) is 0 Å². The van der Waals surface area contributed by atoms with Gasteiger partial charge in [-0.15, -0.1) is 0 Å². The molecule has 0 fully saturated rings. The van der Waals surface area contributed by atoms with Crippen LogP contribution in [0.1, 0.15) is 34.6 Å². The second-order valence-electron chi connectivity index (χ2n) is 1.58. The van der Waals surface area contributed by atoms with Gasteiger partial charge in [-0.2, -0.15) is 0 Å². The minimum atomic E-state index is 0.859. The summed E-state index contributed by atoms with van der Waals surface area (Å²) in [6.07, 6.45) is 3.84. The van der Waals surface area contributed by atoms with Gasteiger partial charge in [0.05, 0.1) is 5.70 Å². The minimum Gasteiger partial charge on any atom is -0.254 e. The molecule has 11 heavy (non-hydrogen) atoms. The first-order valence-corrected chi connectivity index (χ1v) is 4.21. The summed E-state index contributed by atoms with van der Waals surface area (Å²) in [6.45, 7) is 13.6. The summed E-state index contributed by atoms with van der Waals surface area (Å²) in [5.41, 5.74) is 1.91. The van der Waals surface area contributed by atoms with Crippen LogP contribution in [0.25, 0.3) is 0 Å². The van der Waals surface area contributed by atoms with Crippen LogP contribution in [0.2, 0.25) is 0 Å². The highest BCUT2D eigenvalue weighted by Gasteiger charge is 1.91. The Labute approximate surface area is 70.5 Å². The second kappa shape index (κ2) is 9.15. The van der Waals surface area contributed by atoms with E-state index in [0.29, 0.717) is 0 Å². The van der Waals surface area contributed by atoms with Gasteiger partial charge in [0.1, 0.15) is 0 Å². The van der Waals surface area contributed by atoms with Gasteiger partial charge in [-0.25, -0.2) is 0 Å². The van der Waals surface area contributed by atoms with E-state index in [0.717, 1.165) is 11.4 Å². The van der Waals surface area contributed by atoms with E-state index in [-0.39, 0.29) is 0 Å². The van der Waals surface area contributed by atoms with E-state index in [1.54, 1.807) is 0 Å². The van der Waals surface area contributed by atoms with E-state index in [9.17, 15) is 0 Å². The first kappa shape index (κ1) is 12.8. The Hall–Kier alpha value is -0.850. The number of rotatable bonds is 0. The van der Waals surface area contributed by atoms with E-state index < -0.39 is 0 Å². The van der Waals surface area contributed by atoms with Crippen LogP contribution in [0.5, 0.6) is 0 Å². The summed E-state index contributed by atoms with van der Waals surface area (Å²) < 4.78 is 0. The quantitative estimate of drug-likeness (QED) is 0.504. The van der Waals surface area contributed by atoms with Crippen molar-refractivity contribution < 1.29 is 0 Å². The Morgan fingerprint density at radius 2 is 1.55 bits per heavy atom. The van der Waals surface area contributed by atoms with Crippen LogP contribution in [0.3, 0.4) is 0 Å². The molecule has 0 aromatic rings. The average Bonchev–Trinajstić information content (AvgIpc) is 2.43.